The molecule has 0 radical (unpaired) electrons. The summed E-state index contributed by atoms with van der Waals surface area (Å²) in [5.74, 6) is -0.628. The van der Waals surface area contributed by atoms with Crippen LogP contribution in [0.1, 0.15) is 29.8 Å². The zero-order chi connectivity index (χ0) is 19.1. The van der Waals surface area contributed by atoms with Gasteiger partial charge in [0.05, 0.1) is 10.6 Å². The van der Waals surface area contributed by atoms with E-state index in [-0.39, 0.29) is 30.1 Å². The average Bonchev–Trinajstić information content (AvgIpc) is 2.61. The van der Waals surface area contributed by atoms with Gasteiger partial charge >= 0.3 is 0 Å². The summed E-state index contributed by atoms with van der Waals surface area (Å²) in [5, 5.41) is 6.02. The van der Waals surface area contributed by atoms with Crippen LogP contribution in [0.3, 0.4) is 0 Å². The van der Waals surface area contributed by atoms with Crippen molar-refractivity contribution in [1.29, 1.82) is 0 Å². The molecule has 2 amide bonds. The zero-order valence-electron chi connectivity index (χ0n) is 15.4. The van der Waals surface area contributed by atoms with E-state index in [2.05, 4.69) is 10.6 Å². The maximum Gasteiger partial charge on any atom is 0.253 e. The van der Waals surface area contributed by atoms with Gasteiger partial charge in [-0.25, -0.2) is 0 Å². The van der Waals surface area contributed by atoms with E-state index in [9.17, 15) is 9.59 Å². The van der Waals surface area contributed by atoms with Crippen LogP contribution in [-0.4, -0.2) is 24.4 Å². The van der Waals surface area contributed by atoms with Gasteiger partial charge in [-0.05, 0) is 42.2 Å². The molecule has 0 saturated carbocycles. The predicted molar refractivity (Wildman–Crippen MR) is 112 cm³/mol. The number of hydrogen-bond acceptors (Lipinski definition) is 3. The Hall–Kier alpha value is -2.24. The molecule has 5 nitrogen and oxygen atoms in total. The summed E-state index contributed by atoms with van der Waals surface area (Å²) in [4.78, 5) is 24.9. The first-order chi connectivity index (χ1) is 12.4. The molecular formula is C20H25Cl2N3O2. The molecule has 0 bridgehead atoms. The molecule has 0 aliphatic carbocycles. The molecule has 146 valence electrons. The minimum absolute atomic E-state index is 0. The zero-order valence-corrected chi connectivity index (χ0v) is 16.9. The quantitative estimate of drug-likeness (QED) is 0.612. The van der Waals surface area contributed by atoms with Crippen LogP contribution in [0.5, 0.6) is 0 Å². The second-order valence-corrected chi connectivity index (χ2v) is 6.86. The van der Waals surface area contributed by atoms with Crippen LogP contribution in [-0.2, 0) is 11.2 Å². The number of hydrogen-bond donors (Lipinski definition) is 3. The van der Waals surface area contributed by atoms with E-state index in [0.29, 0.717) is 29.2 Å². The number of nitrogens with two attached hydrogens (primary N) is 1. The van der Waals surface area contributed by atoms with Crippen molar-refractivity contribution < 1.29 is 9.59 Å². The Morgan fingerprint density at radius 1 is 1.07 bits per heavy atom. The van der Waals surface area contributed by atoms with E-state index < -0.39 is 6.04 Å². The largest absolute Gasteiger partial charge is 0.399 e. The summed E-state index contributed by atoms with van der Waals surface area (Å²) in [7, 11) is 0. The van der Waals surface area contributed by atoms with Gasteiger partial charge in [0.2, 0.25) is 5.91 Å². The van der Waals surface area contributed by atoms with Gasteiger partial charge in [-0.15, -0.1) is 12.4 Å². The second kappa shape index (κ2) is 10.8. The van der Waals surface area contributed by atoms with E-state index in [1.807, 2.05) is 38.1 Å². The first-order valence-electron chi connectivity index (χ1n) is 8.56. The Morgan fingerprint density at radius 3 is 2.30 bits per heavy atom. The molecule has 7 heteroatoms. The lowest BCUT2D eigenvalue weighted by atomic mass is 10.0. The van der Waals surface area contributed by atoms with Crippen LogP contribution in [0.2, 0.25) is 5.02 Å². The lowest BCUT2D eigenvalue weighted by Crippen LogP contribution is -2.50. The van der Waals surface area contributed by atoms with E-state index >= 15 is 0 Å². The molecule has 2 rings (SSSR count). The van der Waals surface area contributed by atoms with Gasteiger partial charge in [0.15, 0.2) is 0 Å². The third kappa shape index (κ3) is 6.77. The first-order valence-corrected chi connectivity index (χ1v) is 8.94. The predicted octanol–water partition coefficient (Wildman–Crippen LogP) is 3.46. The highest BCUT2D eigenvalue weighted by Gasteiger charge is 2.25. The van der Waals surface area contributed by atoms with Gasteiger partial charge in [0.25, 0.3) is 5.91 Å². The number of anilines is 1. The highest BCUT2D eigenvalue weighted by Crippen LogP contribution is 2.15. The molecule has 4 N–H and O–H groups in total. The topological polar surface area (TPSA) is 84.2 Å². The molecule has 0 aliphatic rings. The third-order valence-corrected chi connectivity index (χ3v) is 4.38. The van der Waals surface area contributed by atoms with Gasteiger partial charge in [-0.2, -0.15) is 0 Å². The Morgan fingerprint density at radius 2 is 1.70 bits per heavy atom. The number of nitrogen functional groups attached to an aromatic ring is 1. The van der Waals surface area contributed by atoms with E-state index in [1.54, 1.807) is 24.3 Å². The number of nitrogens with one attached hydrogen (secondary N) is 2. The van der Waals surface area contributed by atoms with Gasteiger partial charge in [0.1, 0.15) is 6.04 Å². The van der Waals surface area contributed by atoms with Crippen LogP contribution in [0.4, 0.5) is 5.69 Å². The van der Waals surface area contributed by atoms with Crippen molar-refractivity contribution in [3.05, 3.63) is 64.7 Å². The summed E-state index contributed by atoms with van der Waals surface area (Å²) < 4.78 is 0. The Kier molecular flexibility index (Phi) is 9.12. The lowest BCUT2D eigenvalue weighted by Gasteiger charge is -2.22. The smallest absolute Gasteiger partial charge is 0.253 e. The Labute approximate surface area is 171 Å². The number of halogens is 2. The fourth-order valence-corrected chi connectivity index (χ4v) is 2.75. The summed E-state index contributed by atoms with van der Waals surface area (Å²) in [6.45, 7) is 4.25. The Balaban J connectivity index is 0.00000364. The highest BCUT2D eigenvalue weighted by molar-refractivity contribution is 6.33. The molecule has 0 saturated heterocycles. The van der Waals surface area contributed by atoms with Crippen molar-refractivity contribution in [2.75, 3.05) is 12.3 Å². The van der Waals surface area contributed by atoms with E-state index in [4.69, 9.17) is 17.3 Å². The number of carbonyl (C=O) groups excluding carboxylic acids is 2. The second-order valence-electron chi connectivity index (χ2n) is 6.46. The van der Waals surface area contributed by atoms with Crippen molar-refractivity contribution in [3.8, 4) is 0 Å². The molecule has 1 atom stereocenters. The normalized spacial score (nSPS) is 11.4. The van der Waals surface area contributed by atoms with Crippen molar-refractivity contribution in [3.63, 3.8) is 0 Å². The number of carbonyl (C=O) groups is 2. The summed E-state index contributed by atoms with van der Waals surface area (Å²) in [6.07, 6.45) is 0.690. The Bertz CT molecular complexity index is 764. The highest BCUT2D eigenvalue weighted by atomic mass is 35.5. The molecule has 0 spiro atoms. The number of rotatable bonds is 7. The molecule has 2 aromatic rings. The summed E-state index contributed by atoms with van der Waals surface area (Å²) in [5.41, 5.74) is 7.81. The molecule has 0 aliphatic heterocycles. The standard InChI is InChI=1S/C20H24ClN3O2.ClH/c1-13(2)18(24-19(25)16-5-3-4-6-17(16)21)20(26)23-12-11-14-7-9-15(22)10-8-14;/h3-10,13,18H,11-12,22H2,1-2H3,(H,23,26)(H,24,25);1H. The van der Waals surface area contributed by atoms with Crippen molar-refractivity contribution >= 4 is 41.5 Å². The molecular weight excluding hydrogens is 385 g/mol. The van der Waals surface area contributed by atoms with Crippen LogP contribution in [0.25, 0.3) is 0 Å². The van der Waals surface area contributed by atoms with Gasteiger partial charge in [-0.1, -0.05) is 49.7 Å². The van der Waals surface area contributed by atoms with Crippen molar-refractivity contribution in [2.24, 2.45) is 5.92 Å². The maximum absolute atomic E-state index is 12.5. The maximum atomic E-state index is 12.5. The van der Waals surface area contributed by atoms with Crippen molar-refractivity contribution in [1.82, 2.24) is 10.6 Å². The number of amides is 2. The molecule has 2 aromatic carbocycles. The number of benzene rings is 2. The third-order valence-electron chi connectivity index (χ3n) is 4.05. The van der Waals surface area contributed by atoms with Gasteiger partial charge < -0.3 is 16.4 Å². The summed E-state index contributed by atoms with van der Waals surface area (Å²) in [6, 6.07) is 13.7. The minimum atomic E-state index is -0.634. The SMILES string of the molecule is CC(C)C(NC(=O)c1ccccc1Cl)C(=O)NCCc1ccc(N)cc1.Cl. The molecule has 1 unspecified atom stereocenters. The van der Waals surface area contributed by atoms with Crippen LogP contribution < -0.4 is 16.4 Å². The van der Waals surface area contributed by atoms with E-state index in [0.717, 1.165) is 5.56 Å². The fraction of sp³-hybridized carbons (Fsp3) is 0.300. The monoisotopic (exact) mass is 409 g/mol. The average molecular weight is 410 g/mol. The fourth-order valence-electron chi connectivity index (χ4n) is 2.52. The van der Waals surface area contributed by atoms with Gasteiger partial charge in [0, 0.05) is 12.2 Å². The lowest BCUT2D eigenvalue weighted by molar-refractivity contribution is -0.123. The van der Waals surface area contributed by atoms with Crippen LogP contribution >= 0.6 is 24.0 Å². The minimum Gasteiger partial charge on any atom is -0.399 e. The molecule has 27 heavy (non-hydrogen) atoms. The summed E-state index contributed by atoms with van der Waals surface area (Å²) >= 11 is 6.05. The molecule has 0 heterocycles. The van der Waals surface area contributed by atoms with Gasteiger partial charge in [-0.3, -0.25) is 9.59 Å². The first kappa shape index (κ1) is 22.8. The van der Waals surface area contributed by atoms with Crippen LogP contribution in [0, 0.1) is 5.92 Å². The molecule has 0 fully saturated rings. The van der Waals surface area contributed by atoms with Crippen molar-refractivity contribution in [2.45, 2.75) is 26.3 Å². The molecule has 0 aromatic heterocycles. The van der Waals surface area contributed by atoms with Crippen LogP contribution in [0.15, 0.2) is 48.5 Å². The van der Waals surface area contributed by atoms with E-state index in [1.165, 1.54) is 0 Å².